The molecule has 0 aliphatic heterocycles. The molecule has 96 valence electrons. The normalized spacial score (nSPS) is 12.5. The highest BCUT2D eigenvalue weighted by Gasteiger charge is 2.34. The topological polar surface area (TPSA) is 69.4 Å². The van der Waals surface area contributed by atoms with Gasteiger partial charge in [-0.15, -0.1) is 13.2 Å². The summed E-state index contributed by atoms with van der Waals surface area (Å²) in [7, 11) is 0.572. The molecule has 0 saturated carbocycles. The summed E-state index contributed by atoms with van der Waals surface area (Å²) in [6.07, 6.45) is -5.04. The van der Waals surface area contributed by atoms with Crippen LogP contribution >= 0.6 is 26.6 Å². The van der Waals surface area contributed by atoms with Gasteiger partial charge in [0.05, 0.1) is 0 Å². The molecule has 17 heavy (non-hydrogen) atoms. The standard InChI is InChI=1S/C7H4BrClF3NO3S/c8-3-1-5(16-7(10,11)12)6(2-4(3)13)17(9,14)15/h1-2H,13H2. The summed E-state index contributed by atoms with van der Waals surface area (Å²) in [6.45, 7) is 0. The van der Waals surface area contributed by atoms with Gasteiger partial charge in [-0.1, -0.05) is 0 Å². The van der Waals surface area contributed by atoms with E-state index in [4.69, 9.17) is 16.4 Å². The molecular formula is C7H4BrClF3NO3S. The van der Waals surface area contributed by atoms with Crippen LogP contribution in [0.1, 0.15) is 0 Å². The molecular weight excluding hydrogens is 350 g/mol. The van der Waals surface area contributed by atoms with Gasteiger partial charge in [0.1, 0.15) is 4.90 Å². The molecule has 2 N–H and O–H groups in total. The minimum Gasteiger partial charge on any atom is -0.404 e. The molecule has 0 fully saturated rings. The van der Waals surface area contributed by atoms with Crippen LogP contribution in [-0.4, -0.2) is 14.8 Å². The Morgan fingerprint density at radius 2 is 1.88 bits per heavy atom. The van der Waals surface area contributed by atoms with Gasteiger partial charge in [0.2, 0.25) is 0 Å². The molecule has 0 aliphatic rings. The van der Waals surface area contributed by atoms with Crippen molar-refractivity contribution in [1.29, 1.82) is 0 Å². The smallest absolute Gasteiger partial charge is 0.404 e. The SMILES string of the molecule is Nc1cc(S(=O)(=O)Cl)c(OC(F)(F)F)cc1Br. The maximum Gasteiger partial charge on any atom is 0.573 e. The van der Waals surface area contributed by atoms with E-state index in [2.05, 4.69) is 20.7 Å². The Morgan fingerprint density at radius 3 is 2.29 bits per heavy atom. The Hall–Kier alpha value is -0.670. The van der Waals surface area contributed by atoms with E-state index >= 15 is 0 Å². The number of hydrogen-bond donors (Lipinski definition) is 1. The van der Waals surface area contributed by atoms with E-state index in [1.54, 1.807) is 0 Å². The van der Waals surface area contributed by atoms with Crippen LogP contribution in [0.2, 0.25) is 0 Å². The second kappa shape index (κ2) is 4.54. The van der Waals surface area contributed by atoms with Gasteiger partial charge in [0.25, 0.3) is 9.05 Å². The van der Waals surface area contributed by atoms with Crippen molar-refractivity contribution in [2.75, 3.05) is 5.73 Å². The maximum atomic E-state index is 12.0. The number of alkyl halides is 3. The van der Waals surface area contributed by atoms with E-state index in [0.717, 1.165) is 12.1 Å². The molecule has 0 bridgehead atoms. The van der Waals surface area contributed by atoms with Crippen molar-refractivity contribution >= 4 is 41.4 Å². The van der Waals surface area contributed by atoms with Gasteiger partial charge < -0.3 is 10.5 Å². The lowest BCUT2D eigenvalue weighted by atomic mass is 10.3. The Morgan fingerprint density at radius 1 is 1.35 bits per heavy atom. The summed E-state index contributed by atoms with van der Waals surface area (Å²) in [6, 6.07) is 1.55. The lowest BCUT2D eigenvalue weighted by molar-refractivity contribution is -0.275. The molecule has 0 saturated heterocycles. The van der Waals surface area contributed by atoms with Crippen LogP contribution in [0.25, 0.3) is 0 Å². The molecule has 4 nitrogen and oxygen atoms in total. The first kappa shape index (κ1) is 14.4. The third-order valence-corrected chi connectivity index (χ3v) is 3.58. The molecule has 0 heterocycles. The third-order valence-electron chi connectivity index (χ3n) is 1.55. The average Bonchev–Trinajstić information content (AvgIpc) is 2.06. The molecule has 1 aromatic rings. The predicted octanol–water partition coefficient (Wildman–Crippen LogP) is 2.86. The Bertz CT molecular complexity index is 546. The Balaban J connectivity index is 3.42. The minimum absolute atomic E-state index is 0.0563. The first-order valence-corrected chi connectivity index (χ1v) is 6.90. The number of nitrogens with two attached hydrogens (primary N) is 1. The van der Waals surface area contributed by atoms with Gasteiger partial charge in [-0.3, -0.25) is 0 Å². The van der Waals surface area contributed by atoms with Crippen LogP contribution in [0, 0.1) is 0 Å². The van der Waals surface area contributed by atoms with Crippen LogP contribution in [0.5, 0.6) is 5.75 Å². The van der Waals surface area contributed by atoms with Crippen LogP contribution < -0.4 is 10.5 Å². The molecule has 0 radical (unpaired) electrons. The van der Waals surface area contributed by atoms with Gasteiger partial charge in [0, 0.05) is 20.8 Å². The number of hydrogen-bond acceptors (Lipinski definition) is 4. The monoisotopic (exact) mass is 353 g/mol. The summed E-state index contributed by atoms with van der Waals surface area (Å²) in [5.74, 6) is -0.950. The molecule has 10 heteroatoms. The third kappa shape index (κ3) is 3.93. The summed E-state index contributed by atoms with van der Waals surface area (Å²) in [5.41, 5.74) is 5.26. The minimum atomic E-state index is -5.04. The predicted molar refractivity (Wildman–Crippen MR) is 58.3 cm³/mol. The molecule has 0 aromatic heterocycles. The van der Waals surface area contributed by atoms with Crippen LogP contribution in [0.15, 0.2) is 21.5 Å². The zero-order valence-corrected chi connectivity index (χ0v) is 10.9. The van der Waals surface area contributed by atoms with Crippen molar-refractivity contribution in [3.63, 3.8) is 0 Å². The van der Waals surface area contributed by atoms with E-state index in [-0.39, 0.29) is 10.2 Å². The molecule has 0 atom stereocenters. The summed E-state index contributed by atoms with van der Waals surface area (Å²) < 4.78 is 61.8. The highest BCUT2D eigenvalue weighted by Crippen LogP contribution is 2.36. The van der Waals surface area contributed by atoms with Crippen LogP contribution in [0.4, 0.5) is 18.9 Å². The second-order valence-electron chi connectivity index (χ2n) is 2.81. The van der Waals surface area contributed by atoms with Crippen molar-refractivity contribution in [1.82, 2.24) is 0 Å². The van der Waals surface area contributed by atoms with E-state index in [1.807, 2.05) is 0 Å². The maximum absolute atomic E-state index is 12.0. The molecule has 1 rings (SSSR count). The average molecular weight is 355 g/mol. The van der Waals surface area contributed by atoms with Crippen molar-refractivity contribution in [2.24, 2.45) is 0 Å². The van der Waals surface area contributed by atoms with Crippen molar-refractivity contribution in [3.05, 3.63) is 16.6 Å². The zero-order chi connectivity index (χ0) is 13.4. The molecule has 1 aromatic carbocycles. The van der Waals surface area contributed by atoms with Gasteiger partial charge in [-0.25, -0.2) is 8.42 Å². The number of rotatable bonds is 2. The van der Waals surface area contributed by atoms with Gasteiger partial charge >= 0.3 is 6.36 Å². The molecule has 0 spiro atoms. The molecule has 0 unspecified atom stereocenters. The number of halogens is 5. The van der Waals surface area contributed by atoms with E-state index in [0.29, 0.717) is 0 Å². The quantitative estimate of drug-likeness (QED) is 0.655. The number of benzene rings is 1. The number of nitrogen functional groups attached to an aromatic ring is 1. The van der Waals surface area contributed by atoms with Crippen molar-refractivity contribution in [2.45, 2.75) is 11.3 Å². The number of anilines is 1. The summed E-state index contributed by atoms with van der Waals surface area (Å²) >= 11 is 2.84. The lowest BCUT2D eigenvalue weighted by Gasteiger charge is -2.13. The Kier molecular flexibility index (Phi) is 3.84. The summed E-state index contributed by atoms with van der Waals surface area (Å²) in [4.78, 5) is -0.850. The first-order valence-electron chi connectivity index (χ1n) is 3.80. The Labute approximate surface area is 107 Å². The van der Waals surface area contributed by atoms with Crippen molar-refractivity contribution < 1.29 is 26.3 Å². The fraction of sp³-hybridized carbons (Fsp3) is 0.143. The highest BCUT2D eigenvalue weighted by molar-refractivity contribution is 9.10. The van der Waals surface area contributed by atoms with Crippen LogP contribution in [0.3, 0.4) is 0 Å². The second-order valence-corrected chi connectivity index (χ2v) is 6.19. The fourth-order valence-corrected chi connectivity index (χ4v) is 2.24. The highest BCUT2D eigenvalue weighted by atomic mass is 79.9. The first-order chi connectivity index (χ1) is 7.50. The van der Waals surface area contributed by atoms with E-state index in [1.165, 1.54) is 0 Å². The zero-order valence-electron chi connectivity index (χ0n) is 7.75. The van der Waals surface area contributed by atoms with Gasteiger partial charge in [0.15, 0.2) is 5.75 Å². The molecule has 0 amide bonds. The largest absolute Gasteiger partial charge is 0.573 e. The van der Waals surface area contributed by atoms with E-state index in [9.17, 15) is 21.6 Å². The summed E-state index contributed by atoms with van der Waals surface area (Å²) in [5, 5.41) is 0. The van der Waals surface area contributed by atoms with Crippen molar-refractivity contribution in [3.8, 4) is 5.75 Å². The van der Waals surface area contributed by atoms with E-state index < -0.39 is 26.1 Å². The fourth-order valence-electron chi connectivity index (χ4n) is 0.946. The molecule has 0 aliphatic carbocycles. The van der Waals surface area contributed by atoms with Gasteiger partial charge in [-0.2, -0.15) is 0 Å². The number of ether oxygens (including phenoxy) is 1. The van der Waals surface area contributed by atoms with Crippen LogP contribution in [-0.2, 0) is 9.05 Å². The lowest BCUT2D eigenvalue weighted by Crippen LogP contribution is -2.18. The van der Waals surface area contributed by atoms with Gasteiger partial charge in [-0.05, 0) is 28.1 Å².